The zero-order valence-corrected chi connectivity index (χ0v) is 8.73. The van der Waals surface area contributed by atoms with E-state index in [2.05, 4.69) is 11.9 Å². The smallest absolute Gasteiger partial charge is 0.00670 e. The van der Waals surface area contributed by atoms with Gasteiger partial charge in [-0.05, 0) is 38.6 Å². The molecule has 1 N–H and O–H groups in total. The summed E-state index contributed by atoms with van der Waals surface area (Å²) in [5.41, 5.74) is 0. The highest BCUT2D eigenvalue weighted by atomic mass is 14.9. The molecule has 0 aromatic carbocycles. The van der Waals surface area contributed by atoms with Gasteiger partial charge >= 0.3 is 0 Å². The first kappa shape index (κ1) is 10.8. The van der Waals surface area contributed by atoms with Gasteiger partial charge in [-0.1, -0.05) is 25.3 Å². The van der Waals surface area contributed by atoms with Crippen molar-refractivity contribution in [2.75, 3.05) is 6.54 Å². The second kappa shape index (κ2) is 7.14. The summed E-state index contributed by atoms with van der Waals surface area (Å²) in [6.45, 7) is 4.93. The number of nitrogens with one attached hydrogen (secondary N) is 1. The first-order valence-electron chi connectivity index (χ1n) is 5.78. The number of allylic oxidation sites excluding steroid dienone is 1. The minimum Gasteiger partial charge on any atom is -0.314 e. The van der Waals surface area contributed by atoms with Gasteiger partial charge in [0, 0.05) is 6.04 Å². The zero-order chi connectivity index (χ0) is 9.36. The van der Waals surface area contributed by atoms with E-state index in [1.807, 2.05) is 6.08 Å². The van der Waals surface area contributed by atoms with Crippen molar-refractivity contribution in [2.45, 2.75) is 57.4 Å². The van der Waals surface area contributed by atoms with Gasteiger partial charge in [0.15, 0.2) is 0 Å². The lowest BCUT2D eigenvalue weighted by Crippen LogP contribution is -2.31. The third-order valence-electron chi connectivity index (χ3n) is 2.87. The fraction of sp³-hybridized carbons (Fsp3) is 0.833. The lowest BCUT2D eigenvalue weighted by Gasteiger charge is -2.22. The number of unbranched alkanes of at least 4 members (excludes halogenated alkanes) is 2. The molecule has 0 bridgehead atoms. The van der Waals surface area contributed by atoms with Gasteiger partial charge in [0.05, 0.1) is 0 Å². The van der Waals surface area contributed by atoms with Crippen molar-refractivity contribution in [1.29, 1.82) is 0 Å². The molecule has 1 fully saturated rings. The highest BCUT2D eigenvalue weighted by Crippen LogP contribution is 2.17. The molecule has 0 aliphatic heterocycles. The summed E-state index contributed by atoms with van der Waals surface area (Å²) < 4.78 is 0. The van der Waals surface area contributed by atoms with Crippen LogP contribution in [0.3, 0.4) is 0 Å². The van der Waals surface area contributed by atoms with Crippen molar-refractivity contribution in [2.24, 2.45) is 0 Å². The van der Waals surface area contributed by atoms with Crippen LogP contribution in [0.2, 0.25) is 0 Å². The summed E-state index contributed by atoms with van der Waals surface area (Å²) in [6, 6.07) is 0.831. The molecular weight excluding hydrogens is 158 g/mol. The first-order valence-corrected chi connectivity index (χ1v) is 5.78. The minimum atomic E-state index is 0.831. The molecule has 13 heavy (non-hydrogen) atoms. The van der Waals surface area contributed by atoms with Crippen LogP contribution in [0.1, 0.15) is 51.4 Å². The van der Waals surface area contributed by atoms with E-state index in [1.54, 1.807) is 0 Å². The van der Waals surface area contributed by atoms with Crippen LogP contribution in [0.25, 0.3) is 0 Å². The summed E-state index contributed by atoms with van der Waals surface area (Å²) in [7, 11) is 0. The molecule has 0 unspecified atom stereocenters. The van der Waals surface area contributed by atoms with Crippen molar-refractivity contribution in [3.8, 4) is 0 Å². The van der Waals surface area contributed by atoms with E-state index in [-0.39, 0.29) is 0 Å². The molecule has 0 radical (unpaired) electrons. The van der Waals surface area contributed by atoms with E-state index in [0.717, 1.165) is 6.04 Å². The molecule has 1 rings (SSSR count). The Labute approximate surface area is 82.6 Å². The first-order chi connectivity index (χ1) is 6.43. The van der Waals surface area contributed by atoms with Crippen LogP contribution in [0.15, 0.2) is 12.7 Å². The Morgan fingerprint density at radius 3 is 2.62 bits per heavy atom. The Hall–Kier alpha value is -0.300. The minimum absolute atomic E-state index is 0.831. The van der Waals surface area contributed by atoms with Crippen LogP contribution in [0, 0.1) is 0 Å². The van der Waals surface area contributed by atoms with Crippen molar-refractivity contribution in [1.82, 2.24) is 5.32 Å². The zero-order valence-electron chi connectivity index (χ0n) is 8.73. The molecule has 0 spiro atoms. The summed E-state index contributed by atoms with van der Waals surface area (Å²) >= 11 is 0. The maximum absolute atomic E-state index is 3.73. The molecule has 76 valence electrons. The van der Waals surface area contributed by atoms with Crippen molar-refractivity contribution in [3.63, 3.8) is 0 Å². The Bertz CT molecular complexity index is 125. The Morgan fingerprint density at radius 2 is 1.92 bits per heavy atom. The SMILES string of the molecule is C=CCCCCNC1CCCCC1. The van der Waals surface area contributed by atoms with E-state index in [4.69, 9.17) is 0 Å². The molecule has 0 amide bonds. The van der Waals surface area contributed by atoms with E-state index < -0.39 is 0 Å². The van der Waals surface area contributed by atoms with Gasteiger partial charge in [0.1, 0.15) is 0 Å². The predicted molar refractivity (Wildman–Crippen MR) is 58.9 cm³/mol. The van der Waals surface area contributed by atoms with Gasteiger partial charge < -0.3 is 5.32 Å². The van der Waals surface area contributed by atoms with Crippen LogP contribution in [0.4, 0.5) is 0 Å². The Kier molecular flexibility index (Phi) is 5.92. The molecule has 0 heterocycles. The van der Waals surface area contributed by atoms with Gasteiger partial charge in [-0.3, -0.25) is 0 Å². The van der Waals surface area contributed by atoms with Gasteiger partial charge in [0.2, 0.25) is 0 Å². The van der Waals surface area contributed by atoms with E-state index >= 15 is 0 Å². The summed E-state index contributed by atoms with van der Waals surface area (Å²) in [5.74, 6) is 0. The molecule has 1 heteroatoms. The molecule has 1 aliphatic carbocycles. The van der Waals surface area contributed by atoms with E-state index in [1.165, 1.54) is 57.9 Å². The molecule has 0 atom stereocenters. The Morgan fingerprint density at radius 1 is 1.15 bits per heavy atom. The molecule has 0 aromatic heterocycles. The number of hydrogen-bond acceptors (Lipinski definition) is 1. The average Bonchev–Trinajstić information content (AvgIpc) is 2.19. The van der Waals surface area contributed by atoms with Gasteiger partial charge in [-0.15, -0.1) is 6.58 Å². The normalized spacial score (nSPS) is 18.8. The lowest BCUT2D eigenvalue weighted by molar-refractivity contribution is 0.371. The maximum Gasteiger partial charge on any atom is 0.00670 e. The molecule has 0 aromatic rings. The van der Waals surface area contributed by atoms with Crippen LogP contribution in [0.5, 0.6) is 0 Å². The maximum atomic E-state index is 3.73. The lowest BCUT2D eigenvalue weighted by atomic mass is 9.95. The number of hydrogen-bond donors (Lipinski definition) is 1. The van der Waals surface area contributed by atoms with E-state index in [0.29, 0.717) is 0 Å². The molecule has 0 saturated heterocycles. The fourth-order valence-corrected chi connectivity index (χ4v) is 2.03. The third-order valence-corrected chi connectivity index (χ3v) is 2.87. The highest BCUT2D eigenvalue weighted by Gasteiger charge is 2.11. The van der Waals surface area contributed by atoms with Gasteiger partial charge in [0.25, 0.3) is 0 Å². The monoisotopic (exact) mass is 181 g/mol. The Balaban J connectivity index is 1.89. The molecule has 1 nitrogen and oxygen atoms in total. The summed E-state index contributed by atoms with van der Waals surface area (Å²) in [5, 5.41) is 3.65. The second-order valence-electron chi connectivity index (χ2n) is 4.07. The average molecular weight is 181 g/mol. The van der Waals surface area contributed by atoms with Crippen LogP contribution in [-0.2, 0) is 0 Å². The summed E-state index contributed by atoms with van der Waals surface area (Å²) in [6.07, 6.45) is 12.9. The van der Waals surface area contributed by atoms with E-state index in [9.17, 15) is 0 Å². The van der Waals surface area contributed by atoms with Crippen molar-refractivity contribution < 1.29 is 0 Å². The molecular formula is C12H23N. The van der Waals surface area contributed by atoms with Crippen LogP contribution < -0.4 is 5.32 Å². The predicted octanol–water partition coefficient (Wildman–Crippen LogP) is 3.27. The number of rotatable bonds is 6. The quantitative estimate of drug-likeness (QED) is 0.490. The van der Waals surface area contributed by atoms with Crippen LogP contribution in [-0.4, -0.2) is 12.6 Å². The largest absolute Gasteiger partial charge is 0.314 e. The van der Waals surface area contributed by atoms with Crippen LogP contribution >= 0.6 is 0 Å². The van der Waals surface area contributed by atoms with Gasteiger partial charge in [-0.2, -0.15) is 0 Å². The molecule has 1 aliphatic rings. The van der Waals surface area contributed by atoms with Gasteiger partial charge in [-0.25, -0.2) is 0 Å². The standard InChI is InChI=1S/C12H23N/c1-2-3-4-8-11-13-12-9-6-5-7-10-12/h2,12-13H,1,3-11H2. The topological polar surface area (TPSA) is 12.0 Å². The third kappa shape index (κ3) is 5.09. The fourth-order valence-electron chi connectivity index (χ4n) is 2.03. The second-order valence-corrected chi connectivity index (χ2v) is 4.07. The molecule has 1 saturated carbocycles. The highest BCUT2D eigenvalue weighted by molar-refractivity contribution is 4.72. The summed E-state index contributed by atoms with van der Waals surface area (Å²) in [4.78, 5) is 0. The van der Waals surface area contributed by atoms with Crippen molar-refractivity contribution in [3.05, 3.63) is 12.7 Å². The van der Waals surface area contributed by atoms with Crippen molar-refractivity contribution >= 4 is 0 Å².